The number of fused-ring (bicyclic) bond motifs is 1. The topological polar surface area (TPSA) is 51.4 Å². The largest absolute Gasteiger partial charge is 0.465 e. The Morgan fingerprint density at radius 3 is 3.10 bits per heavy atom. The third-order valence-electron chi connectivity index (χ3n) is 3.03. The lowest BCUT2D eigenvalue weighted by atomic mass is 10.3. The zero-order valence-corrected chi connectivity index (χ0v) is 11.8. The van der Waals surface area contributed by atoms with Crippen LogP contribution in [0.2, 0.25) is 0 Å². The molecule has 6 heteroatoms. The van der Waals surface area contributed by atoms with E-state index in [4.69, 9.17) is 16.3 Å². The van der Waals surface area contributed by atoms with Crippen LogP contribution in [0.25, 0.3) is 11.0 Å². The van der Waals surface area contributed by atoms with E-state index in [0.29, 0.717) is 17.7 Å². The molecular weight excluding hydrogens is 276 g/mol. The van der Waals surface area contributed by atoms with Gasteiger partial charge in [-0.05, 0) is 18.6 Å². The Hall–Kier alpha value is -2.01. The third-order valence-corrected chi connectivity index (χ3v) is 3.33. The summed E-state index contributed by atoms with van der Waals surface area (Å²) in [5.41, 5.74) is 1.94. The second kappa shape index (κ2) is 5.54. The van der Waals surface area contributed by atoms with Gasteiger partial charge in [-0.1, -0.05) is 30.7 Å². The predicted octanol–water partition coefficient (Wildman–Crippen LogP) is 3.00. The van der Waals surface area contributed by atoms with Crippen LogP contribution in [0.3, 0.4) is 0 Å². The minimum Gasteiger partial charge on any atom is -0.465 e. The Bertz CT molecular complexity index is 677. The molecule has 0 saturated carbocycles. The number of para-hydroxylation sites is 2. The number of hydrogen-bond donors (Lipinski definition) is 1. The average molecular weight is 291 g/mol. The maximum Gasteiger partial charge on any atom is 0.291 e. The van der Waals surface area contributed by atoms with E-state index in [0.717, 1.165) is 17.5 Å². The van der Waals surface area contributed by atoms with E-state index in [2.05, 4.69) is 15.3 Å². The van der Waals surface area contributed by atoms with E-state index in [-0.39, 0.29) is 6.17 Å². The highest BCUT2D eigenvalue weighted by atomic mass is 35.5. The van der Waals surface area contributed by atoms with Crippen molar-refractivity contribution in [1.29, 1.82) is 0 Å². The molecule has 1 aromatic heterocycles. The minimum absolute atomic E-state index is 0.242. The SMILES string of the molecule is CCCOC1=NC=C(Cl)C(n2cnc3ccccc32)N1. The van der Waals surface area contributed by atoms with Crippen LogP contribution >= 0.6 is 11.6 Å². The maximum atomic E-state index is 6.26. The lowest BCUT2D eigenvalue weighted by molar-refractivity contribution is 0.279. The highest BCUT2D eigenvalue weighted by Gasteiger charge is 2.22. The van der Waals surface area contributed by atoms with E-state index in [1.54, 1.807) is 12.5 Å². The molecular formula is C14H15ClN4O. The summed E-state index contributed by atoms with van der Waals surface area (Å²) in [5, 5.41) is 3.78. The molecule has 0 amide bonds. The van der Waals surface area contributed by atoms with Gasteiger partial charge in [0.1, 0.15) is 6.17 Å². The van der Waals surface area contributed by atoms with Crippen molar-refractivity contribution in [2.75, 3.05) is 6.61 Å². The summed E-state index contributed by atoms with van der Waals surface area (Å²) < 4.78 is 7.49. The first-order valence-corrected chi connectivity index (χ1v) is 6.91. The fourth-order valence-corrected chi connectivity index (χ4v) is 2.29. The van der Waals surface area contributed by atoms with Gasteiger partial charge < -0.3 is 14.6 Å². The van der Waals surface area contributed by atoms with Gasteiger partial charge in [-0.3, -0.25) is 0 Å². The zero-order chi connectivity index (χ0) is 13.9. The van der Waals surface area contributed by atoms with E-state index in [1.807, 2.05) is 35.8 Å². The molecule has 20 heavy (non-hydrogen) atoms. The van der Waals surface area contributed by atoms with Gasteiger partial charge in [0.2, 0.25) is 0 Å². The number of benzene rings is 1. The molecule has 1 unspecified atom stereocenters. The van der Waals surface area contributed by atoms with Crippen molar-refractivity contribution < 1.29 is 4.74 Å². The number of hydrogen-bond acceptors (Lipinski definition) is 4. The van der Waals surface area contributed by atoms with E-state index < -0.39 is 0 Å². The van der Waals surface area contributed by atoms with Crippen LogP contribution in [-0.4, -0.2) is 22.2 Å². The molecule has 1 atom stereocenters. The van der Waals surface area contributed by atoms with Gasteiger partial charge in [0, 0.05) is 0 Å². The molecule has 1 N–H and O–H groups in total. The second-order valence-electron chi connectivity index (χ2n) is 4.48. The number of halogens is 1. The Morgan fingerprint density at radius 2 is 2.25 bits per heavy atom. The number of amidine groups is 1. The molecule has 5 nitrogen and oxygen atoms in total. The van der Waals surface area contributed by atoms with Crippen LogP contribution in [0.4, 0.5) is 0 Å². The average Bonchev–Trinajstić information content (AvgIpc) is 2.90. The fourth-order valence-electron chi connectivity index (χ4n) is 2.08. The molecule has 104 valence electrons. The molecule has 0 bridgehead atoms. The van der Waals surface area contributed by atoms with Crippen molar-refractivity contribution in [3.8, 4) is 0 Å². The summed E-state index contributed by atoms with van der Waals surface area (Å²) in [6.07, 6.45) is 4.06. The van der Waals surface area contributed by atoms with Crippen molar-refractivity contribution >= 4 is 28.7 Å². The number of nitrogens with zero attached hydrogens (tertiary/aromatic N) is 3. The summed E-state index contributed by atoms with van der Waals surface area (Å²) in [6, 6.07) is 8.40. The summed E-state index contributed by atoms with van der Waals surface area (Å²) in [7, 11) is 0. The first-order chi connectivity index (χ1) is 9.79. The number of aliphatic imine (C=N–C) groups is 1. The molecule has 0 radical (unpaired) electrons. The lowest BCUT2D eigenvalue weighted by Crippen LogP contribution is -2.36. The Balaban J connectivity index is 1.90. The molecule has 0 fully saturated rings. The molecule has 2 heterocycles. The van der Waals surface area contributed by atoms with Gasteiger partial charge in [0.05, 0.1) is 35.2 Å². The molecule has 1 aromatic carbocycles. The molecule has 0 saturated heterocycles. The van der Waals surface area contributed by atoms with Crippen molar-refractivity contribution in [2.24, 2.45) is 4.99 Å². The predicted molar refractivity (Wildman–Crippen MR) is 79.5 cm³/mol. The van der Waals surface area contributed by atoms with E-state index >= 15 is 0 Å². The van der Waals surface area contributed by atoms with Crippen LogP contribution in [0.1, 0.15) is 19.5 Å². The van der Waals surface area contributed by atoms with E-state index in [1.165, 1.54) is 0 Å². The van der Waals surface area contributed by atoms with Crippen molar-refractivity contribution in [3.63, 3.8) is 0 Å². The quantitative estimate of drug-likeness (QED) is 0.945. The van der Waals surface area contributed by atoms with Crippen molar-refractivity contribution in [2.45, 2.75) is 19.5 Å². The number of rotatable bonds is 3. The van der Waals surface area contributed by atoms with E-state index in [9.17, 15) is 0 Å². The zero-order valence-electron chi connectivity index (χ0n) is 11.1. The third kappa shape index (κ3) is 2.36. The Labute approximate surface area is 121 Å². The highest BCUT2D eigenvalue weighted by Crippen LogP contribution is 2.25. The standard InChI is InChI=1S/C14H15ClN4O/c1-2-7-20-14-16-8-10(15)13(18-14)19-9-17-11-5-3-4-6-12(11)19/h3-6,8-9,13H,2,7H2,1H3,(H,16,18). The van der Waals surface area contributed by atoms with Crippen molar-refractivity contribution in [1.82, 2.24) is 14.9 Å². The molecule has 1 aliphatic heterocycles. The van der Waals surface area contributed by atoms with Crippen LogP contribution < -0.4 is 5.32 Å². The second-order valence-corrected chi connectivity index (χ2v) is 4.92. The highest BCUT2D eigenvalue weighted by molar-refractivity contribution is 6.30. The lowest BCUT2D eigenvalue weighted by Gasteiger charge is -2.24. The fraction of sp³-hybridized carbons (Fsp3) is 0.286. The summed E-state index contributed by atoms with van der Waals surface area (Å²) in [4.78, 5) is 8.52. The van der Waals surface area contributed by atoms with Gasteiger partial charge >= 0.3 is 0 Å². The number of nitrogens with one attached hydrogen (secondary N) is 1. The summed E-state index contributed by atoms with van der Waals surface area (Å²) in [5.74, 6) is 0. The maximum absolute atomic E-state index is 6.26. The molecule has 1 aliphatic rings. The Kier molecular flexibility index (Phi) is 3.60. The molecule has 0 spiro atoms. The molecule has 0 aliphatic carbocycles. The Morgan fingerprint density at radius 1 is 1.40 bits per heavy atom. The normalized spacial score (nSPS) is 18.4. The minimum atomic E-state index is -0.242. The molecule has 3 rings (SSSR count). The number of aromatic nitrogens is 2. The van der Waals surface area contributed by atoms with Crippen LogP contribution in [0.15, 0.2) is 46.8 Å². The summed E-state index contributed by atoms with van der Waals surface area (Å²) in [6.45, 7) is 2.67. The number of ether oxygens (including phenoxy) is 1. The smallest absolute Gasteiger partial charge is 0.291 e. The van der Waals surface area contributed by atoms with Gasteiger partial charge in [-0.15, -0.1) is 0 Å². The first-order valence-electron chi connectivity index (χ1n) is 6.54. The first kappa shape index (κ1) is 13.0. The van der Waals surface area contributed by atoms with Crippen LogP contribution in [-0.2, 0) is 4.74 Å². The van der Waals surface area contributed by atoms with Gasteiger partial charge in [-0.25, -0.2) is 9.98 Å². The molecule has 2 aromatic rings. The monoisotopic (exact) mass is 290 g/mol. The van der Waals surface area contributed by atoms with Crippen LogP contribution in [0, 0.1) is 0 Å². The number of imidazole rings is 1. The van der Waals surface area contributed by atoms with Gasteiger partial charge in [0.25, 0.3) is 6.02 Å². The van der Waals surface area contributed by atoms with Crippen LogP contribution in [0.5, 0.6) is 0 Å². The summed E-state index contributed by atoms with van der Waals surface area (Å²) >= 11 is 6.26. The van der Waals surface area contributed by atoms with Gasteiger partial charge in [0.15, 0.2) is 0 Å². The van der Waals surface area contributed by atoms with Crippen molar-refractivity contribution in [3.05, 3.63) is 41.8 Å². The van der Waals surface area contributed by atoms with Gasteiger partial charge in [-0.2, -0.15) is 0 Å².